The van der Waals surface area contributed by atoms with Gasteiger partial charge in [-0.2, -0.15) is 0 Å². The van der Waals surface area contributed by atoms with E-state index in [1.54, 1.807) is 0 Å². The summed E-state index contributed by atoms with van der Waals surface area (Å²) in [7, 11) is 0. The smallest absolute Gasteiger partial charge is 0.138 e. The van der Waals surface area contributed by atoms with Gasteiger partial charge < -0.3 is 14.2 Å². The van der Waals surface area contributed by atoms with E-state index >= 15 is 0 Å². The predicted molar refractivity (Wildman–Crippen MR) is 197 cm³/mol. The van der Waals surface area contributed by atoms with Crippen molar-refractivity contribution in [3.05, 3.63) is 145 Å². The molecule has 47 heavy (non-hydrogen) atoms. The minimum absolute atomic E-state index is 0.0245. The van der Waals surface area contributed by atoms with Crippen LogP contribution in [0, 0.1) is 11.8 Å². The Morgan fingerprint density at radius 1 is 0.511 bits per heavy atom. The van der Waals surface area contributed by atoms with E-state index in [0.29, 0.717) is 23.3 Å². The maximum atomic E-state index is 6.87. The van der Waals surface area contributed by atoms with Gasteiger partial charge >= 0.3 is 0 Å². The molecule has 0 saturated heterocycles. The van der Waals surface area contributed by atoms with Crippen LogP contribution in [0.3, 0.4) is 0 Å². The van der Waals surface area contributed by atoms with Gasteiger partial charge in [-0.15, -0.1) is 0 Å². The average molecular weight is 623 g/mol. The third-order valence-electron chi connectivity index (χ3n) is 9.44. The summed E-state index contributed by atoms with van der Waals surface area (Å²) in [4.78, 5) is 0. The summed E-state index contributed by atoms with van der Waals surface area (Å²) in [5.74, 6) is 3.97. The molecule has 2 saturated carbocycles. The summed E-state index contributed by atoms with van der Waals surface area (Å²) in [6, 6.07) is 32.9. The predicted octanol–water partition coefficient (Wildman–Crippen LogP) is 12.1. The fourth-order valence-electron chi connectivity index (χ4n) is 6.81. The van der Waals surface area contributed by atoms with Crippen LogP contribution in [0.1, 0.15) is 73.6 Å². The lowest BCUT2D eigenvalue weighted by Crippen LogP contribution is -2.22. The lowest BCUT2D eigenvalue weighted by Gasteiger charge is -2.23. The normalized spacial score (nSPS) is 16.8. The topological polar surface area (TPSA) is 27.7 Å². The second-order valence-electron chi connectivity index (χ2n) is 12.7. The Balaban J connectivity index is 1.36. The lowest BCUT2D eigenvalue weighted by atomic mass is 10.0. The Labute approximate surface area is 280 Å². The quantitative estimate of drug-likeness (QED) is 0.103. The van der Waals surface area contributed by atoms with Crippen molar-refractivity contribution in [1.29, 1.82) is 0 Å². The van der Waals surface area contributed by atoms with Crippen molar-refractivity contribution in [1.82, 2.24) is 0 Å². The van der Waals surface area contributed by atoms with Crippen LogP contribution in [0.5, 0.6) is 23.0 Å². The van der Waals surface area contributed by atoms with E-state index in [4.69, 9.17) is 14.2 Å². The molecule has 6 rings (SSSR count). The minimum Gasteiger partial charge on any atom is -0.486 e. The van der Waals surface area contributed by atoms with E-state index in [-0.39, 0.29) is 12.2 Å². The molecule has 0 N–H and O–H groups in total. The molecule has 0 spiro atoms. The van der Waals surface area contributed by atoms with Crippen molar-refractivity contribution in [2.45, 2.75) is 63.6 Å². The maximum absolute atomic E-state index is 6.87. The van der Waals surface area contributed by atoms with Gasteiger partial charge in [0, 0.05) is 23.3 Å². The van der Waals surface area contributed by atoms with Gasteiger partial charge in [0.05, 0.1) is 0 Å². The van der Waals surface area contributed by atoms with Gasteiger partial charge in [0.2, 0.25) is 0 Å². The zero-order chi connectivity index (χ0) is 32.3. The van der Waals surface area contributed by atoms with E-state index in [1.807, 2.05) is 72.8 Å². The molecule has 2 aliphatic carbocycles. The Kier molecular flexibility index (Phi) is 11.1. The number of hydrogen-bond donors (Lipinski definition) is 0. The second-order valence-corrected chi connectivity index (χ2v) is 12.7. The molecule has 3 nitrogen and oxygen atoms in total. The van der Waals surface area contributed by atoms with Crippen LogP contribution < -0.4 is 14.2 Å². The molecule has 2 aliphatic rings. The standard InChI is InChI=1S/C44H46O3/c1-3-41(35-19-11-12-20-35)45-39-29-27-37(25-23-33-15-7-5-8-16-33)43(31-39)47-44-32-40(46-42(4-2)36-21-13-14-22-36)30-28-38(44)26-24-34-17-9-6-10-18-34/h3-10,15-18,23-32,35-36,41-42H,1-2,11-14,19-22H2. The minimum atomic E-state index is -0.0245. The molecule has 3 heteroatoms. The first-order valence-corrected chi connectivity index (χ1v) is 17.2. The number of rotatable bonds is 14. The molecule has 4 aromatic rings. The first-order chi connectivity index (χ1) is 23.2. The third-order valence-corrected chi connectivity index (χ3v) is 9.44. The molecule has 240 valence electrons. The monoisotopic (exact) mass is 622 g/mol. The Morgan fingerprint density at radius 2 is 0.915 bits per heavy atom. The van der Waals surface area contributed by atoms with Gasteiger partial charge in [-0.1, -0.05) is 136 Å². The van der Waals surface area contributed by atoms with Gasteiger partial charge in [-0.25, -0.2) is 0 Å². The fraction of sp³-hybridized carbons (Fsp3) is 0.273. The third kappa shape index (κ3) is 8.74. The molecule has 2 unspecified atom stereocenters. The van der Waals surface area contributed by atoms with Crippen molar-refractivity contribution in [2.24, 2.45) is 11.8 Å². The molecule has 0 heterocycles. The molecular formula is C44H46O3. The Hall–Kier alpha value is -4.76. The van der Waals surface area contributed by atoms with E-state index < -0.39 is 0 Å². The molecule has 2 atom stereocenters. The summed E-state index contributed by atoms with van der Waals surface area (Å²) in [6.45, 7) is 8.20. The number of hydrogen-bond acceptors (Lipinski definition) is 3. The van der Waals surface area contributed by atoms with Gasteiger partial charge in [-0.3, -0.25) is 0 Å². The molecular weight excluding hydrogens is 576 g/mol. The Bertz CT molecular complexity index is 1530. The molecule has 2 fully saturated rings. The summed E-state index contributed by atoms with van der Waals surface area (Å²) >= 11 is 0. The van der Waals surface area contributed by atoms with Crippen LogP contribution in [0.15, 0.2) is 122 Å². The van der Waals surface area contributed by atoms with Crippen LogP contribution in [0.25, 0.3) is 24.3 Å². The van der Waals surface area contributed by atoms with Crippen molar-refractivity contribution in [3.8, 4) is 23.0 Å². The van der Waals surface area contributed by atoms with E-state index in [9.17, 15) is 0 Å². The van der Waals surface area contributed by atoms with Crippen LogP contribution >= 0.6 is 0 Å². The molecule has 4 aromatic carbocycles. The fourth-order valence-corrected chi connectivity index (χ4v) is 6.81. The second kappa shape index (κ2) is 16.2. The summed E-state index contributed by atoms with van der Waals surface area (Å²) < 4.78 is 20.0. The Morgan fingerprint density at radius 3 is 1.30 bits per heavy atom. The van der Waals surface area contributed by atoms with Crippen molar-refractivity contribution < 1.29 is 14.2 Å². The van der Waals surface area contributed by atoms with E-state index in [0.717, 1.165) is 33.8 Å². The molecule has 0 radical (unpaired) electrons. The van der Waals surface area contributed by atoms with Crippen molar-refractivity contribution in [2.75, 3.05) is 0 Å². The van der Waals surface area contributed by atoms with E-state index in [1.165, 1.54) is 51.4 Å². The van der Waals surface area contributed by atoms with Crippen LogP contribution in [-0.4, -0.2) is 12.2 Å². The van der Waals surface area contributed by atoms with E-state index in [2.05, 4.69) is 73.9 Å². The molecule has 0 aromatic heterocycles. The highest BCUT2D eigenvalue weighted by Crippen LogP contribution is 2.38. The van der Waals surface area contributed by atoms with Crippen LogP contribution in [-0.2, 0) is 0 Å². The van der Waals surface area contributed by atoms with Gasteiger partial charge in [-0.05, 0) is 72.9 Å². The van der Waals surface area contributed by atoms with Crippen molar-refractivity contribution in [3.63, 3.8) is 0 Å². The first kappa shape index (κ1) is 32.2. The SMILES string of the molecule is C=CC(Oc1ccc(C=Cc2ccccc2)c(Oc2cc(OC(C=C)C3CCCC3)ccc2C=Cc2ccccc2)c1)C1CCCC1. The van der Waals surface area contributed by atoms with Gasteiger partial charge in [0.15, 0.2) is 0 Å². The number of benzene rings is 4. The van der Waals surface area contributed by atoms with Gasteiger partial charge in [0.25, 0.3) is 0 Å². The van der Waals surface area contributed by atoms with Gasteiger partial charge in [0.1, 0.15) is 35.2 Å². The summed E-state index contributed by atoms with van der Waals surface area (Å²) in [5, 5.41) is 0. The highest BCUT2D eigenvalue weighted by Gasteiger charge is 2.26. The lowest BCUT2D eigenvalue weighted by molar-refractivity contribution is 0.180. The summed E-state index contributed by atoms with van der Waals surface area (Å²) in [6.07, 6.45) is 22.0. The average Bonchev–Trinajstić information content (AvgIpc) is 3.86. The maximum Gasteiger partial charge on any atom is 0.138 e. The highest BCUT2D eigenvalue weighted by molar-refractivity contribution is 5.75. The number of ether oxygens (including phenoxy) is 3. The van der Waals surface area contributed by atoms with Crippen LogP contribution in [0.4, 0.5) is 0 Å². The largest absolute Gasteiger partial charge is 0.486 e. The van der Waals surface area contributed by atoms with Crippen LogP contribution in [0.2, 0.25) is 0 Å². The molecule has 0 aliphatic heterocycles. The van der Waals surface area contributed by atoms with Crippen molar-refractivity contribution >= 4 is 24.3 Å². The zero-order valence-electron chi connectivity index (χ0n) is 27.3. The molecule has 0 bridgehead atoms. The molecule has 0 amide bonds. The highest BCUT2D eigenvalue weighted by atomic mass is 16.5. The summed E-state index contributed by atoms with van der Waals surface area (Å²) in [5.41, 5.74) is 4.15. The zero-order valence-corrected chi connectivity index (χ0v) is 27.3. The first-order valence-electron chi connectivity index (χ1n) is 17.2.